The number of aromatic nitrogens is 1. The molecule has 1 N–H and O–H groups in total. The largest absolute Gasteiger partial charge is 0.494 e. The predicted octanol–water partition coefficient (Wildman–Crippen LogP) is 2.68. The van der Waals surface area contributed by atoms with Gasteiger partial charge in [-0.3, -0.25) is 9.36 Å². The van der Waals surface area contributed by atoms with Crippen LogP contribution in [0, 0.1) is 0 Å². The van der Waals surface area contributed by atoms with Gasteiger partial charge in [-0.25, -0.2) is 0 Å². The molecule has 0 aliphatic carbocycles. The third kappa shape index (κ3) is 2.56. The maximum Gasteiger partial charge on any atom is 0.416 e. The van der Waals surface area contributed by atoms with Crippen molar-refractivity contribution in [3.05, 3.63) is 50.4 Å². The molecule has 2 aromatic rings. The van der Waals surface area contributed by atoms with Gasteiger partial charge in [0.2, 0.25) is 5.88 Å². The quantitative estimate of drug-likeness (QED) is 0.915. The lowest BCUT2D eigenvalue weighted by atomic mass is 10.1. The van der Waals surface area contributed by atoms with Gasteiger partial charge < -0.3 is 5.11 Å². The van der Waals surface area contributed by atoms with Gasteiger partial charge in [-0.2, -0.15) is 13.2 Å². The average molecular weight is 275 g/mol. The van der Waals surface area contributed by atoms with Gasteiger partial charge in [0.05, 0.1) is 17.5 Å². The van der Waals surface area contributed by atoms with Crippen LogP contribution < -0.4 is 4.87 Å². The Morgan fingerprint density at radius 1 is 1.33 bits per heavy atom. The molecular weight excluding hydrogens is 267 g/mol. The number of alkyl halides is 3. The Kier molecular flexibility index (Phi) is 3.16. The number of hydrogen-bond donors (Lipinski definition) is 1. The van der Waals surface area contributed by atoms with E-state index in [1.807, 2.05) is 0 Å². The first-order valence-corrected chi connectivity index (χ1v) is 5.79. The summed E-state index contributed by atoms with van der Waals surface area (Å²) in [7, 11) is 0. The Morgan fingerprint density at radius 2 is 2.06 bits per heavy atom. The molecule has 7 heteroatoms. The third-order valence-corrected chi connectivity index (χ3v) is 3.11. The van der Waals surface area contributed by atoms with E-state index in [9.17, 15) is 23.1 Å². The van der Waals surface area contributed by atoms with E-state index in [2.05, 4.69) is 0 Å². The van der Waals surface area contributed by atoms with Crippen LogP contribution in [0.2, 0.25) is 0 Å². The van der Waals surface area contributed by atoms with E-state index < -0.39 is 16.6 Å². The van der Waals surface area contributed by atoms with E-state index in [4.69, 9.17) is 0 Å². The zero-order valence-corrected chi connectivity index (χ0v) is 9.76. The highest BCUT2D eigenvalue weighted by molar-refractivity contribution is 7.07. The molecule has 0 amide bonds. The minimum absolute atomic E-state index is 0.0852. The van der Waals surface area contributed by atoms with Crippen LogP contribution in [-0.2, 0) is 12.7 Å². The fraction of sp³-hybridized carbons (Fsp3) is 0.182. The van der Waals surface area contributed by atoms with Crippen molar-refractivity contribution in [2.75, 3.05) is 0 Å². The number of thiazole rings is 1. The first-order chi connectivity index (χ1) is 8.38. The van der Waals surface area contributed by atoms with Crippen LogP contribution in [-0.4, -0.2) is 9.67 Å². The summed E-state index contributed by atoms with van der Waals surface area (Å²) in [5.41, 5.74) is -0.469. The SMILES string of the molecule is O=c1scc(O)n1Cc1cccc(C(F)(F)F)c1. The molecule has 0 unspecified atom stereocenters. The van der Waals surface area contributed by atoms with Crippen molar-refractivity contribution < 1.29 is 18.3 Å². The van der Waals surface area contributed by atoms with E-state index in [0.717, 1.165) is 28.0 Å². The van der Waals surface area contributed by atoms with Crippen LogP contribution in [0.1, 0.15) is 11.1 Å². The normalized spacial score (nSPS) is 11.7. The molecule has 1 aromatic heterocycles. The fourth-order valence-corrected chi connectivity index (χ4v) is 2.12. The Bertz CT molecular complexity index is 615. The van der Waals surface area contributed by atoms with Gasteiger partial charge in [-0.15, -0.1) is 0 Å². The highest BCUT2D eigenvalue weighted by Gasteiger charge is 2.30. The highest BCUT2D eigenvalue weighted by Crippen LogP contribution is 2.29. The number of hydrogen-bond acceptors (Lipinski definition) is 3. The second-order valence-corrected chi connectivity index (χ2v) is 4.46. The number of halogens is 3. The van der Waals surface area contributed by atoms with Crippen molar-refractivity contribution in [3.63, 3.8) is 0 Å². The number of rotatable bonds is 2. The van der Waals surface area contributed by atoms with Gasteiger partial charge in [-0.05, 0) is 17.7 Å². The second kappa shape index (κ2) is 4.49. The summed E-state index contributed by atoms with van der Waals surface area (Å²) in [6.07, 6.45) is -4.42. The van der Waals surface area contributed by atoms with Gasteiger partial charge in [0.15, 0.2) is 0 Å². The fourth-order valence-electron chi connectivity index (χ4n) is 1.50. The number of aromatic hydroxyl groups is 1. The van der Waals surface area contributed by atoms with Gasteiger partial charge >= 0.3 is 11.0 Å². The summed E-state index contributed by atoms with van der Waals surface area (Å²) >= 11 is 0.795. The Balaban J connectivity index is 2.34. The zero-order chi connectivity index (χ0) is 13.3. The Morgan fingerprint density at radius 3 is 2.61 bits per heavy atom. The molecule has 96 valence electrons. The van der Waals surface area contributed by atoms with E-state index in [1.54, 1.807) is 0 Å². The van der Waals surface area contributed by atoms with E-state index in [0.29, 0.717) is 5.56 Å². The summed E-state index contributed by atoms with van der Waals surface area (Å²) in [5, 5.41) is 10.6. The molecule has 0 fully saturated rings. The second-order valence-electron chi connectivity index (χ2n) is 3.64. The van der Waals surface area contributed by atoms with Gasteiger partial charge in [0.1, 0.15) is 0 Å². The molecule has 3 nitrogen and oxygen atoms in total. The molecule has 0 saturated carbocycles. The van der Waals surface area contributed by atoms with Crippen molar-refractivity contribution in [2.24, 2.45) is 0 Å². The summed E-state index contributed by atoms with van der Waals surface area (Å²) in [6, 6.07) is 4.66. The molecule has 18 heavy (non-hydrogen) atoms. The van der Waals surface area contributed by atoms with Crippen molar-refractivity contribution in [1.29, 1.82) is 0 Å². The molecule has 0 spiro atoms. The summed E-state index contributed by atoms with van der Waals surface area (Å²) < 4.78 is 38.5. The van der Waals surface area contributed by atoms with E-state index in [-0.39, 0.29) is 12.4 Å². The Hall–Kier alpha value is -1.76. The lowest BCUT2D eigenvalue weighted by molar-refractivity contribution is -0.137. The van der Waals surface area contributed by atoms with Gasteiger partial charge in [-0.1, -0.05) is 23.5 Å². The molecule has 0 atom stereocenters. The molecule has 0 aliphatic heterocycles. The van der Waals surface area contributed by atoms with Crippen LogP contribution in [0.3, 0.4) is 0 Å². The van der Waals surface area contributed by atoms with Crippen LogP contribution in [0.4, 0.5) is 13.2 Å². The number of nitrogens with zero attached hydrogens (tertiary/aromatic N) is 1. The topological polar surface area (TPSA) is 42.2 Å². The first kappa shape index (κ1) is 12.7. The van der Waals surface area contributed by atoms with Gasteiger partial charge in [0, 0.05) is 0 Å². The zero-order valence-electron chi connectivity index (χ0n) is 8.94. The lowest BCUT2D eigenvalue weighted by Gasteiger charge is -2.09. The minimum Gasteiger partial charge on any atom is -0.494 e. The van der Waals surface area contributed by atoms with Crippen molar-refractivity contribution in [1.82, 2.24) is 4.57 Å². The van der Waals surface area contributed by atoms with Crippen molar-refractivity contribution in [3.8, 4) is 5.88 Å². The maximum atomic E-state index is 12.5. The van der Waals surface area contributed by atoms with Crippen LogP contribution in [0.5, 0.6) is 5.88 Å². The van der Waals surface area contributed by atoms with Crippen molar-refractivity contribution in [2.45, 2.75) is 12.7 Å². The third-order valence-electron chi connectivity index (χ3n) is 2.36. The smallest absolute Gasteiger partial charge is 0.416 e. The molecule has 0 aliphatic rings. The van der Waals surface area contributed by atoms with E-state index in [1.165, 1.54) is 17.5 Å². The van der Waals surface area contributed by atoms with Crippen LogP contribution in [0.25, 0.3) is 0 Å². The molecule has 1 heterocycles. The summed E-state index contributed by atoms with van der Waals surface area (Å²) in [5.74, 6) is -0.248. The number of benzene rings is 1. The standard InChI is InChI=1S/C11H8F3NO2S/c12-11(13,14)8-3-1-2-7(4-8)5-15-9(16)6-18-10(15)17/h1-4,6,16H,5H2. The molecule has 1 aromatic carbocycles. The maximum absolute atomic E-state index is 12.5. The van der Waals surface area contributed by atoms with Crippen molar-refractivity contribution >= 4 is 11.3 Å². The summed E-state index contributed by atoms with van der Waals surface area (Å²) in [4.78, 5) is 10.9. The summed E-state index contributed by atoms with van der Waals surface area (Å²) in [6.45, 7) is -0.0852. The predicted molar refractivity (Wildman–Crippen MR) is 60.8 cm³/mol. The molecule has 0 saturated heterocycles. The Labute approximate surface area is 104 Å². The van der Waals surface area contributed by atoms with E-state index >= 15 is 0 Å². The molecule has 0 radical (unpaired) electrons. The lowest BCUT2D eigenvalue weighted by Crippen LogP contribution is -2.14. The average Bonchev–Trinajstić information content (AvgIpc) is 2.60. The first-order valence-electron chi connectivity index (χ1n) is 4.91. The van der Waals surface area contributed by atoms with Crippen LogP contribution in [0.15, 0.2) is 34.4 Å². The minimum atomic E-state index is -4.42. The van der Waals surface area contributed by atoms with Crippen LogP contribution >= 0.6 is 11.3 Å². The molecular formula is C11H8F3NO2S. The highest BCUT2D eigenvalue weighted by atomic mass is 32.1. The molecule has 2 rings (SSSR count). The monoisotopic (exact) mass is 275 g/mol. The molecule has 0 bridgehead atoms. The van der Waals surface area contributed by atoms with Gasteiger partial charge in [0.25, 0.3) is 0 Å².